The summed E-state index contributed by atoms with van der Waals surface area (Å²) in [6, 6.07) is 4.74. The summed E-state index contributed by atoms with van der Waals surface area (Å²) in [6.07, 6.45) is 0. The third kappa shape index (κ3) is 3.88. The molecule has 6 heteroatoms. The average molecular weight is 246 g/mol. The molecule has 0 spiro atoms. The van der Waals surface area contributed by atoms with Crippen LogP contribution in [0.1, 0.15) is 30.9 Å². The van der Waals surface area contributed by atoms with E-state index in [1.807, 2.05) is 18.6 Å². The lowest BCUT2D eigenvalue weighted by Gasteiger charge is -2.08. The van der Waals surface area contributed by atoms with Gasteiger partial charge in [-0.1, -0.05) is 26.0 Å². The van der Waals surface area contributed by atoms with Crippen LogP contribution in [0.3, 0.4) is 0 Å². The maximum absolute atomic E-state index is 13.5. The molecule has 0 heterocycles. The number of benzene rings is 1. The predicted octanol–water partition coefficient (Wildman–Crippen LogP) is 1.24. The predicted molar refractivity (Wildman–Crippen MR) is 60.4 cm³/mol. The van der Waals surface area contributed by atoms with E-state index in [0.717, 1.165) is 5.56 Å². The van der Waals surface area contributed by atoms with Crippen LogP contribution < -0.4 is 9.86 Å². The Morgan fingerprint density at radius 1 is 1.44 bits per heavy atom. The van der Waals surface area contributed by atoms with Crippen molar-refractivity contribution >= 4 is 10.2 Å². The van der Waals surface area contributed by atoms with Gasteiger partial charge < -0.3 is 0 Å². The molecular formula is C10H15FN2O2S. The Morgan fingerprint density at radius 3 is 2.50 bits per heavy atom. The molecule has 0 aliphatic carbocycles. The number of rotatable bonds is 4. The Labute approximate surface area is 94.8 Å². The van der Waals surface area contributed by atoms with Crippen LogP contribution in [0.2, 0.25) is 0 Å². The standard InChI is InChI=1S/C10H15FN2O2S/c1-7(2)8-3-4-9(10(11)5-8)6-13-16(12,14)15/h3-5,7,13H,6H2,1-2H3,(H2,12,14,15). The quantitative estimate of drug-likeness (QED) is 0.839. The van der Waals surface area contributed by atoms with Gasteiger partial charge in [0, 0.05) is 12.1 Å². The van der Waals surface area contributed by atoms with E-state index in [2.05, 4.69) is 0 Å². The van der Waals surface area contributed by atoms with Crippen molar-refractivity contribution in [1.29, 1.82) is 0 Å². The second-order valence-corrected chi connectivity index (χ2v) is 5.25. The van der Waals surface area contributed by atoms with E-state index >= 15 is 0 Å². The van der Waals surface area contributed by atoms with Crippen LogP contribution >= 0.6 is 0 Å². The zero-order valence-electron chi connectivity index (χ0n) is 9.20. The summed E-state index contributed by atoms with van der Waals surface area (Å²) >= 11 is 0. The van der Waals surface area contributed by atoms with Gasteiger partial charge >= 0.3 is 0 Å². The van der Waals surface area contributed by atoms with Gasteiger partial charge in [-0.25, -0.2) is 9.53 Å². The van der Waals surface area contributed by atoms with Gasteiger partial charge in [0.05, 0.1) is 0 Å². The molecule has 0 aliphatic heterocycles. The largest absolute Gasteiger partial charge is 0.274 e. The van der Waals surface area contributed by atoms with E-state index in [-0.39, 0.29) is 18.0 Å². The highest BCUT2D eigenvalue weighted by atomic mass is 32.2. The Balaban J connectivity index is 2.84. The van der Waals surface area contributed by atoms with Crippen molar-refractivity contribution in [3.05, 3.63) is 35.1 Å². The van der Waals surface area contributed by atoms with Crippen LogP contribution in [-0.2, 0) is 16.8 Å². The van der Waals surface area contributed by atoms with Crippen LogP contribution in [-0.4, -0.2) is 8.42 Å². The molecule has 0 saturated carbocycles. The first-order valence-corrected chi connectivity index (χ1v) is 6.40. The highest BCUT2D eigenvalue weighted by molar-refractivity contribution is 7.87. The minimum atomic E-state index is -3.78. The van der Waals surface area contributed by atoms with Gasteiger partial charge in [0.25, 0.3) is 10.2 Å². The second-order valence-electron chi connectivity index (χ2n) is 3.87. The fourth-order valence-electron chi connectivity index (χ4n) is 1.24. The Bertz CT molecular complexity index is 472. The molecule has 0 radical (unpaired) electrons. The summed E-state index contributed by atoms with van der Waals surface area (Å²) in [7, 11) is -3.78. The molecule has 0 aliphatic rings. The Kier molecular flexibility index (Phi) is 4.01. The molecular weight excluding hydrogens is 231 g/mol. The van der Waals surface area contributed by atoms with Gasteiger partial charge in [0.15, 0.2) is 0 Å². The van der Waals surface area contributed by atoms with Crippen LogP contribution in [0, 0.1) is 5.82 Å². The van der Waals surface area contributed by atoms with Gasteiger partial charge in [-0.2, -0.15) is 13.1 Å². The molecule has 0 saturated heterocycles. The van der Waals surface area contributed by atoms with Crippen molar-refractivity contribution < 1.29 is 12.8 Å². The lowest BCUT2D eigenvalue weighted by molar-refractivity contribution is 0.575. The molecule has 0 bridgehead atoms. The molecule has 0 amide bonds. The molecule has 3 N–H and O–H groups in total. The molecule has 0 atom stereocenters. The lowest BCUT2D eigenvalue weighted by atomic mass is 10.0. The van der Waals surface area contributed by atoms with Crippen LogP contribution in [0.4, 0.5) is 4.39 Å². The van der Waals surface area contributed by atoms with Gasteiger partial charge in [0.1, 0.15) is 5.82 Å². The Hall–Kier alpha value is -0.980. The van der Waals surface area contributed by atoms with E-state index in [0.29, 0.717) is 0 Å². The summed E-state index contributed by atoms with van der Waals surface area (Å²) < 4.78 is 36.8. The minimum Gasteiger partial charge on any atom is -0.216 e. The molecule has 1 rings (SSSR count). The minimum absolute atomic E-state index is 0.136. The van der Waals surface area contributed by atoms with E-state index in [1.165, 1.54) is 6.07 Å². The maximum Gasteiger partial charge on any atom is 0.274 e. The van der Waals surface area contributed by atoms with Crippen LogP contribution in [0.5, 0.6) is 0 Å². The van der Waals surface area contributed by atoms with Crippen LogP contribution in [0.15, 0.2) is 18.2 Å². The monoisotopic (exact) mass is 246 g/mol. The zero-order valence-corrected chi connectivity index (χ0v) is 10.0. The molecule has 4 nitrogen and oxygen atoms in total. The third-order valence-corrected chi connectivity index (χ3v) is 2.75. The first-order valence-electron chi connectivity index (χ1n) is 4.85. The maximum atomic E-state index is 13.5. The fraction of sp³-hybridized carbons (Fsp3) is 0.400. The molecule has 1 aromatic carbocycles. The van der Waals surface area contributed by atoms with Crippen LogP contribution in [0.25, 0.3) is 0 Å². The number of hydrogen-bond donors (Lipinski definition) is 2. The van der Waals surface area contributed by atoms with E-state index in [1.54, 1.807) is 12.1 Å². The normalized spacial score (nSPS) is 12.1. The van der Waals surface area contributed by atoms with Gasteiger partial charge in [-0.05, 0) is 17.5 Å². The first-order chi connectivity index (χ1) is 7.29. The molecule has 0 unspecified atom stereocenters. The van der Waals surface area contributed by atoms with Crippen molar-refractivity contribution in [3.63, 3.8) is 0 Å². The molecule has 0 aromatic heterocycles. The SMILES string of the molecule is CC(C)c1ccc(CNS(N)(=O)=O)c(F)c1. The van der Waals surface area contributed by atoms with Crippen molar-refractivity contribution in [3.8, 4) is 0 Å². The number of hydrogen-bond acceptors (Lipinski definition) is 2. The number of halogens is 1. The van der Waals surface area contributed by atoms with Gasteiger partial charge in [-0.3, -0.25) is 0 Å². The summed E-state index contributed by atoms with van der Waals surface area (Å²) in [5.74, 6) is -0.197. The first kappa shape index (κ1) is 13.1. The summed E-state index contributed by atoms with van der Waals surface area (Å²) in [6.45, 7) is 3.77. The highest BCUT2D eigenvalue weighted by Gasteiger charge is 2.08. The van der Waals surface area contributed by atoms with E-state index in [4.69, 9.17) is 5.14 Å². The topological polar surface area (TPSA) is 72.2 Å². The summed E-state index contributed by atoms with van der Waals surface area (Å²) in [5, 5.41) is 4.75. The van der Waals surface area contributed by atoms with Crippen molar-refractivity contribution in [2.24, 2.45) is 5.14 Å². The van der Waals surface area contributed by atoms with Crippen molar-refractivity contribution in [2.75, 3.05) is 0 Å². The lowest BCUT2D eigenvalue weighted by Crippen LogP contribution is -2.30. The van der Waals surface area contributed by atoms with Gasteiger partial charge in [0.2, 0.25) is 0 Å². The summed E-state index contributed by atoms with van der Waals surface area (Å²) in [4.78, 5) is 0. The Morgan fingerprint density at radius 2 is 2.06 bits per heavy atom. The molecule has 0 fully saturated rings. The van der Waals surface area contributed by atoms with Crippen molar-refractivity contribution in [1.82, 2.24) is 4.72 Å². The smallest absolute Gasteiger partial charge is 0.216 e. The second kappa shape index (κ2) is 4.90. The van der Waals surface area contributed by atoms with E-state index < -0.39 is 16.0 Å². The number of nitrogens with two attached hydrogens (primary N) is 1. The molecule has 90 valence electrons. The van der Waals surface area contributed by atoms with Gasteiger partial charge in [-0.15, -0.1) is 0 Å². The summed E-state index contributed by atoms with van der Waals surface area (Å²) in [5.41, 5.74) is 1.15. The third-order valence-electron chi connectivity index (χ3n) is 2.21. The molecule has 1 aromatic rings. The average Bonchev–Trinajstić information content (AvgIpc) is 2.14. The molecule has 16 heavy (non-hydrogen) atoms. The van der Waals surface area contributed by atoms with Crippen molar-refractivity contribution in [2.45, 2.75) is 26.3 Å². The number of nitrogens with one attached hydrogen (secondary N) is 1. The van der Waals surface area contributed by atoms with E-state index in [9.17, 15) is 12.8 Å². The zero-order chi connectivity index (χ0) is 12.3. The fourth-order valence-corrected chi connectivity index (χ4v) is 1.60. The highest BCUT2D eigenvalue weighted by Crippen LogP contribution is 2.17.